The lowest BCUT2D eigenvalue weighted by Crippen LogP contribution is -2.43. The number of hydrogen-bond donors (Lipinski definition) is 2. The predicted octanol–water partition coefficient (Wildman–Crippen LogP) is 4.96. The smallest absolute Gasteiger partial charge is 0.276 e. The minimum Gasteiger partial charge on any atom is -0.340 e. The molecule has 2 N–H and O–H groups in total. The van der Waals surface area contributed by atoms with Crippen LogP contribution in [-0.4, -0.2) is 87.8 Å². The maximum atomic E-state index is 16.3. The second-order valence-electron chi connectivity index (χ2n) is 12.0. The molecule has 2 fully saturated rings. The molecule has 2 aromatic heterocycles. The van der Waals surface area contributed by atoms with Gasteiger partial charge in [-0.3, -0.25) is 14.5 Å². The van der Waals surface area contributed by atoms with Crippen molar-refractivity contribution in [2.24, 2.45) is 5.92 Å². The number of hydrogen-bond acceptors (Lipinski definition) is 8. The molecule has 1 aliphatic carbocycles. The number of imidazole rings is 1. The van der Waals surface area contributed by atoms with Crippen molar-refractivity contribution in [3.8, 4) is 0 Å². The van der Waals surface area contributed by atoms with E-state index < -0.39 is 112 Å². The van der Waals surface area contributed by atoms with Gasteiger partial charge in [-0.2, -0.15) is 0 Å². The maximum absolute atomic E-state index is 16.3. The molecule has 264 valence electrons. The quantitative estimate of drug-likeness (QED) is 0.209. The Morgan fingerprint density at radius 3 is 2.33 bits per heavy atom. The average molecular weight is 711 g/mol. The standard InChI is InChI=1S/C29H33F7N6O5S/c1-3-16-23(41-47-40-16)27(43)39-21(13-7-10-29(35,36)11-8-13)26-37-17-6-5-14(18(30)22(17)38-26)15(9-12-48(45,46)4-2)28(44)42-24(33)19(31)20(32)25(42)34/h5-6,13,15,19-21,24-25H,3-4,7-12H2,1-2H3,(H,37,38)(H,39,43)/t15-,19?,20?,21-,24?,25?/m0/s1. The fraction of sp³-hybridized carbons (Fsp3) is 0.621. The van der Waals surface area contributed by atoms with Gasteiger partial charge in [0.15, 0.2) is 23.9 Å². The third-order valence-electron chi connectivity index (χ3n) is 9.01. The molecular weight excluding hydrogens is 677 g/mol. The van der Waals surface area contributed by atoms with E-state index in [0.717, 1.165) is 6.07 Å². The second-order valence-corrected chi connectivity index (χ2v) is 14.5. The van der Waals surface area contributed by atoms with Crippen molar-refractivity contribution in [2.45, 2.75) is 95.2 Å². The van der Waals surface area contributed by atoms with Crippen molar-refractivity contribution in [3.63, 3.8) is 0 Å². The fourth-order valence-corrected chi connectivity index (χ4v) is 7.03. The van der Waals surface area contributed by atoms with E-state index in [9.17, 15) is 44.3 Å². The summed E-state index contributed by atoms with van der Waals surface area (Å²) in [6.45, 7) is 3.01. The monoisotopic (exact) mass is 710 g/mol. The fourth-order valence-electron chi connectivity index (χ4n) is 6.14. The molecule has 11 nitrogen and oxygen atoms in total. The van der Waals surface area contributed by atoms with Crippen LogP contribution in [0.4, 0.5) is 30.7 Å². The molecule has 1 saturated heterocycles. The van der Waals surface area contributed by atoms with Gasteiger partial charge in [0.05, 0.1) is 23.2 Å². The number of aromatic nitrogens is 4. The summed E-state index contributed by atoms with van der Waals surface area (Å²) < 4.78 is 131. The first-order valence-electron chi connectivity index (χ1n) is 15.4. The summed E-state index contributed by atoms with van der Waals surface area (Å²) in [7, 11) is -3.81. The van der Waals surface area contributed by atoms with Gasteiger partial charge in [-0.15, -0.1) is 0 Å². The Morgan fingerprint density at radius 1 is 1.08 bits per heavy atom. The van der Waals surface area contributed by atoms with Gasteiger partial charge in [0.25, 0.3) is 5.91 Å². The van der Waals surface area contributed by atoms with Gasteiger partial charge in [0.1, 0.15) is 26.9 Å². The van der Waals surface area contributed by atoms with Crippen LogP contribution in [0.15, 0.2) is 16.8 Å². The number of halogens is 7. The first kappa shape index (κ1) is 35.5. The van der Waals surface area contributed by atoms with E-state index in [1.807, 2.05) is 0 Å². The second kappa shape index (κ2) is 13.6. The van der Waals surface area contributed by atoms with Crippen LogP contribution in [-0.2, 0) is 21.1 Å². The van der Waals surface area contributed by atoms with E-state index in [0.29, 0.717) is 0 Å². The Balaban J connectivity index is 1.54. The summed E-state index contributed by atoms with van der Waals surface area (Å²) in [5.41, 5.74) is -0.894. The number of nitrogens with zero attached hydrogens (tertiary/aromatic N) is 4. The van der Waals surface area contributed by atoms with Gasteiger partial charge in [-0.05, 0) is 42.8 Å². The molecule has 1 aliphatic heterocycles. The number of alkyl halides is 6. The number of nitrogens with one attached hydrogen (secondary N) is 2. The van der Waals surface area contributed by atoms with Crippen LogP contribution in [0.2, 0.25) is 0 Å². The van der Waals surface area contributed by atoms with Crippen LogP contribution in [0.1, 0.15) is 85.5 Å². The van der Waals surface area contributed by atoms with Crippen LogP contribution in [0.3, 0.4) is 0 Å². The van der Waals surface area contributed by atoms with Crippen LogP contribution in [0, 0.1) is 11.7 Å². The van der Waals surface area contributed by atoms with Crippen LogP contribution >= 0.6 is 0 Å². The van der Waals surface area contributed by atoms with E-state index in [1.54, 1.807) is 6.92 Å². The molecule has 3 aromatic rings. The van der Waals surface area contributed by atoms with Gasteiger partial charge < -0.3 is 10.3 Å². The highest BCUT2D eigenvalue weighted by Crippen LogP contribution is 2.42. The minimum atomic E-state index is -3.81. The molecule has 3 heterocycles. The van der Waals surface area contributed by atoms with Crippen LogP contribution < -0.4 is 5.32 Å². The number of H-pyrrole nitrogens is 1. The zero-order chi connectivity index (χ0) is 35.1. The third-order valence-corrected chi connectivity index (χ3v) is 10.7. The number of likely N-dealkylation sites (tertiary alicyclic amines) is 1. The molecule has 19 heteroatoms. The Labute approximate surface area is 269 Å². The maximum Gasteiger partial charge on any atom is 0.276 e. The number of carbonyl (C=O) groups excluding carboxylic acids is 2. The van der Waals surface area contributed by atoms with Crippen LogP contribution in [0.5, 0.6) is 0 Å². The number of benzene rings is 1. The highest BCUT2D eigenvalue weighted by Gasteiger charge is 2.55. The zero-order valence-electron chi connectivity index (χ0n) is 25.7. The van der Waals surface area contributed by atoms with Crippen molar-refractivity contribution in [3.05, 3.63) is 40.7 Å². The lowest BCUT2D eigenvalue weighted by atomic mass is 9.81. The van der Waals surface area contributed by atoms with E-state index in [1.165, 1.54) is 13.0 Å². The Kier molecular flexibility index (Phi) is 10.1. The first-order valence-corrected chi connectivity index (χ1v) is 17.2. The van der Waals surface area contributed by atoms with Crippen molar-refractivity contribution in [2.75, 3.05) is 11.5 Å². The molecule has 2 amide bonds. The molecule has 1 saturated carbocycles. The molecule has 1 aromatic carbocycles. The normalized spacial score (nSPS) is 24.6. The van der Waals surface area contributed by atoms with E-state index in [4.69, 9.17) is 0 Å². The first-order chi connectivity index (χ1) is 22.6. The van der Waals surface area contributed by atoms with Gasteiger partial charge in [0.2, 0.25) is 24.4 Å². The van der Waals surface area contributed by atoms with Gasteiger partial charge in [0, 0.05) is 24.2 Å². The Bertz CT molecular complexity index is 1750. The Morgan fingerprint density at radius 2 is 1.73 bits per heavy atom. The SMILES string of the molecule is CCc1nonc1C(=O)N[C@H](c1nc2c(F)c([C@H](CCS(=O)(=O)CC)C(=O)N3C(F)C(F)C(F)C3F)ccc2[nH]1)C1CCC(F)(F)CC1. The molecule has 48 heavy (non-hydrogen) atoms. The summed E-state index contributed by atoms with van der Waals surface area (Å²) in [6.07, 6.45) is -13.6. The molecule has 4 unspecified atom stereocenters. The highest BCUT2D eigenvalue weighted by molar-refractivity contribution is 7.91. The minimum absolute atomic E-state index is 0.0110. The molecule has 5 rings (SSSR count). The number of rotatable bonds is 11. The molecule has 0 spiro atoms. The van der Waals surface area contributed by atoms with Gasteiger partial charge in [-0.1, -0.05) is 25.1 Å². The number of amides is 2. The third kappa shape index (κ3) is 6.87. The van der Waals surface area contributed by atoms with E-state index in [-0.39, 0.29) is 52.6 Å². The molecule has 6 atom stereocenters. The lowest BCUT2D eigenvalue weighted by molar-refractivity contribution is -0.144. The van der Waals surface area contributed by atoms with Crippen molar-refractivity contribution < 1.29 is 53.4 Å². The number of fused-ring (bicyclic) bond motifs is 1. The largest absolute Gasteiger partial charge is 0.340 e. The van der Waals surface area contributed by atoms with Crippen molar-refractivity contribution in [1.82, 2.24) is 30.5 Å². The molecule has 2 aliphatic rings. The summed E-state index contributed by atoms with van der Waals surface area (Å²) in [4.78, 5) is 33.4. The molecule has 0 radical (unpaired) electrons. The van der Waals surface area contributed by atoms with Crippen molar-refractivity contribution >= 4 is 32.7 Å². The molecular formula is C29H33F7N6O5S. The van der Waals surface area contributed by atoms with Gasteiger partial charge in [-0.25, -0.2) is 48.8 Å². The molecule has 0 bridgehead atoms. The summed E-state index contributed by atoms with van der Waals surface area (Å²) in [5, 5.41) is 9.97. The lowest BCUT2D eigenvalue weighted by Gasteiger charge is -2.33. The zero-order valence-corrected chi connectivity index (χ0v) is 26.6. The van der Waals surface area contributed by atoms with Gasteiger partial charge >= 0.3 is 0 Å². The van der Waals surface area contributed by atoms with E-state index >= 15 is 4.39 Å². The summed E-state index contributed by atoms with van der Waals surface area (Å²) in [5.74, 6) is -10.1. The Hall–Kier alpha value is -3.77. The topological polar surface area (TPSA) is 151 Å². The predicted molar refractivity (Wildman–Crippen MR) is 155 cm³/mol. The summed E-state index contributed by atoms with van der Waals surface area (Å²) in [6, 6.07) is 1.20. The number of aromatic amines is 1. The number of sulfone groups is 1. The summed E-state index contributed by atoms with van der Waals surface area (Å²) >= 11 is 0. The number of aryl methyl sites for hydroxylation is 1. The average Bonchev–Trinajstić information content (AvgIpc) is 3.76. The van der Waals surface area contributed by atoms with Crippen molar-refractivity contribution in [1.29, 1.82) is 0 Å². The van der Waals surface area contributed by atoms with Crippen LogP contribution in [0.25, 0.3) is 11.0 Å². The number of carbonyl (C=O) groups is 2. The van der Waals surface area contributed by atoms with E-state index in [2.05, 4.69) is 30.2 Å². The highest BCUT2D eigenvalue weighted by atomic mass is 32.2.